The van der Waals surface area contributed by atoms with Crippen LogP contribution in [-0.2, 0) is 23.1 Å². The van der Waals surface area contributed by atoms with Gasteiger partial charge in [0.1, 0.15) is 5.82 Å². The highest BCUT2D eigenvalue weighted by Crippen LogP contribution is 2.14. The summed E-state index contributed by atoms with van der Waals surface area (Å²) in [4.78, 5) is 40.4. The topological polar surface area (TPSA) is 105 Å². The van der Waals surface area contributed by atoms with Crippen molar-refractivity contribution in [2.24, 2.45) is 7.05 Å². The molecule has 1 aromatic heterocycles. The van der Waals surface area contributed by atoms with E-state index in [4.69, 9.17) is 0 Å². The number of hydrogen-bond donors (Lipinski definition) is 3. The molecule has 0 radical (unpaired) electrons. The first-order chi connectivity index (χ1) is 13.4. The molecule has 3 amide bonds. The number of aromatic nitrogens is 2. The van der Waals surface area contributed by atoms with Gasteiger partial charge in [-0.1, -0.05) is 29.8 Å². The van der Waals surface area contributed by atoms with Gasteiger partial charge < -0.3 is 9.88 Å². The molecule has 8 heteroatoms. The maximum atomic E-state index is 12.1. The van der Waals surface area contributed by atoms with Gasteiger partial charge in [0.15, 0.2) is 0 Å². The average molecular weight is 379 g/mol. The number of rotatable bonds is 5. The van der Waals surface area contributed by atoms with E-state index in [1.807, 2.05) is 48.9 Å². The minimum Gasteiger partial charge on any atom is -0.343 e. The predicted octanol–water partition coefficient (Wildman–Crippen LogP) is 1.00. The molecule has 8 nitrogen and oxygen atoms in total. The normalized spacial score (nSPS) is 10.5. The fraction of sp³-hybridized carbons (Fsp3) is 0.200. The third-order valence-corrected chi connectivity index (χ3v) is 4.23. The minimum absolute atomic E-state index is 0.0150. The lowest BCUT2D eigenvalue weighted by molar-refractivity contribution is -0.128. The van der Waals surface area contributed by atoms with Crippen molar-refractivity contribution in [3.8, 4) is 0 Å². The first-order valence-corrected chi connectivity index (χ1v) is 8.77. The van der Waals surface area contributed by atoms with Crippen LogP contribution in [0.1, 0.15) is 21.7 Å². The molecule has 0 spiro atoms. The smallest absolute Gasteiger partial charge is 0.257 e. The van der Waals surface area contributed by atoms with E-state index < -0.39 is 11.8 Å². The van der Waals surface area contributed by atoms with Crippen LogP contribution in [0.5, 0.6) is 0 Å². The highest BCUT2D eigenvalue weighted by Gasteiger charge is 2.13. The van der Waals surface area contributed by atoms with Gasteiger partial charge >= 0.3 is 0 Å². The molecule has 0 atom stereocenters. The first-order valence-electron chi connectivity index (χ1n) is 8.77. The van der Waals surface area contributed by atoms with E-state index in [2.05, 4.69) is 21.2 Å². The molecule has 0 bridgehead atoms. The van der Waals surface area contributed by atoms with Gasteiger partial charge in [-0.25, -0.2) is 4.98 Å². The van der Waals surface area contributed by atoms with Crippen molar-refractivity contribution in [2.45, 2.75) is 13.3 Å². The Bertz CT molecular complexity index is 1040. The van der Waals surface area contributed by atoms with Gasteiger partial charge in [-0.05, 0) is 31.2 Å². The van der Waals surface area contributed by atoms with Gasteiger partial charge in [0.2, 0.25) is 5.91 Å². The lowest BCUT2D eigenvalue weighted by Crippen LogP contribution is -2.47. The molecule has 2 aromatic carbocycles. The summed E-state index contributed by atoms with van der Waals surface area (Å²) in [6.45, 7) is 1.63. The second-order valence-electron chi connectivity index (χ2n) is 6.40. The molecule has 0 unspecified atom stereocenters. The highest BCUT2D eigenvalue weighted by atomic mass is 16.2. The number of imidazole rings is 1. The first kappa shape index (κ1) is 19.1. The molecule has 0 saturated heterocycles. The van der Waals surface area contributed by atoms with Gasteiger partial charge in [-0.3, -0.25) is 25.2 Å². The molecule has 1 heterocycles. The maximum absolute atomic E-state index is 12.1. The molecule has 0 aliphatic carbocycles. The van der Waals surface area contributed by atoms with Crippen LogP contribution in [-0.4, -0.2) is 33.8 Å². The Balaban J connectivity index is 1.47. The summed E-state index contributed by atoms with van der Waals surface area (Å²) >= 11 is 0. The monoisotopic (exact) mass is 379 g/mol. The fourth-order valence-electron chi connectivity index (χ4n) is 2.77. The van der Waals surface area contributed by atoms with Crippen molar-refractivity contribution in [1.82, 2.24) is 25.7 Å². The summed E-state index contributed by atoms with van der Waals surface area (Å²) in [7, 11) is 1.83. The largest absolute Gasteiger partial charge is 0.343 e. The van der Waals surface area contributed by atoms with Crippen molar-refractivity contribution in [3.05, 3.63) is 65.5 Å². The Morgan fingerprint density at radius 1 is 1.00 bits per heavy atom. The highest BCUT2D eigenvalue weighted by molar-refractivity contribution is 5.96. The van der Waals surface area contributed by atoms with Gasteiger partial charge in [-0.2, -0.15) is 0 Å². The Labute approximate surface area is 161 Å². The maximum Gasteiger partial charge on any atom is 0.257 e. The van der Waals surface area contributed by atoms with Crippen LogP contribution in [0.3, 0.4) is 0 Å². The lowest BCUT2D eigenvalue weighted by atomic mass is 10.1. The van der Waals surface area contributed by atoms with Crippen LogP contribution in [0.4, 0.5) is 0 Å². The third-order valence-electron chi connectivity index (χ3n) is 4.23. The van der Waals surface area contributed by atoms with E-state index in [-0.39, 0.29) is 18.9 Å². The number of fused-ring (bicyclic) bond motifs is 1. The van der Waals surface area contributed by atoms with Crippen LogP contribution >= 0.6 is 0 Å². The molecule has 0 fully saturated rings. The molecule has 3 rings (SSSR count). The molecule has 0 saturated carbocycles. The van der Waals surface area contributed by atoms with Crippen molar-refractivity contribution in [1.29, 1.82) is 0 Å². The van der Waals surface area contributed by atoms with Crippen LogP contribution < -0.4 is 16.2 Å². The van der Waals surface area contributed by atoms with E-state index in [1.54, 1.807) is 18.2 Å². The standard InChI is InChI=1S/C20H21N5O3/c1-13-6-5-7-14(10-13)20(28)21-12-19(27)24-23-18(26)11-17-22-15-8-3-4-9-16(15)25(17)2/h3-10H,11-12H2,1-2H3,(H,21,28)(H,23,26)(H,24,27). The quantitative estimate of drug-likeness (QED) is 0.575. The van der Waals surface area contributed by atoms with Gasteiger partial charge in [0.25, 0.3) is 11.8 Å². The summed E-state index contributed by atoms with van der Waals surface area (Å²) in [5, 5.41) is 2.51. The average Bonchev–Trinajstić information content (AvgIpc) is 3.00. The summed E-state index contributed by atoms with van der Waals surface area (Å²) in [5.41, 5.74) is 7.76. The predicted molar refractivity (Wildman–Crippen MR) is 104 cm³/mol. The van der Waals surface area contributed by atoms with Crippen LogP contribution in [0.25, 0.3) is 11.0 Å². The van der Waals surface area contributed by atoms with Gasteiger partial charge in [0.05, 0.1) is 24.0 Å². The molecule has 144 valence electrons. The fourth-order valence-corrected chi connectivity index (χ4v) is 2.77. The van der Waals surface area contributed by atoms with E-state index in [1.165, 1.54) is 0 Å². The summed E-state index contributed by atoms with van der Waals surface area (Å²) in [6, 6.07) is 14.6. The molecular formula is C20H21N5O3. The van der Waals surface area contributed by atoms with Crippen molar-refractivity contribution >= 4 is 28.8 Å². The Kier molecular flexibility index (Phi) is 5.69. The van der Waals surface area contributed by atoms with Crippen LogP contribution in [0, 0.1) is 6.92 Å². The molecule has 3 aromatic rings. The Morgan fingerprint density at radius 3 is 2.50 bits per heavy atom. The third kappa shape index (κ3) is 4.53. The Morgan fingerprint density at radius 2 is 1.75 bits per heavy atom. The van der Waals surface area contributed by atoms with E-state index in [0.717, 1.165) is 16.6 Å². The SMILES string of the molecule is Cc1cccc(C(=O)NCC(=O)NNC(=O)Cc2nc3ccccc3n2C)c1. The van der Waals surface area contributed by atoms with E-state index >= 15 is 0 Å². The second-order valence-corrected chi connectivity index (χ2v) is 6.40. The van der Waals surface area contributed by atoms with Crippen LogP contribution in [0.2, 0.25) is 0 Å². The van der Waals surface area contributed by atoms with Crippen molar-refractivity contribution in [2.75, 3.05) is 6.54 Å². The molecule has 0 aliphatic heterocycles. The molecule has 3 N–H and O–H groups in total. The number of amides is 3. The number of nitrogens with zero attached hydrogens (tertiary/aromatic N) is 2. The number of aryl methyl sites for hydroxylation is 2. The van der Waals surface area contributed by atoms with Crippen molar-refractivity contribution < 1.29 is 14.4 Å². The molecule has 0 aliphatic rings. The summed E-state index contributed by atoms with van der Waals surface area (Å²) < 4.78 is 1.83. The number of benzene rings is 2. The van der Waals surface area contributed by atoms with Gasteiger partial charge in [-0.15, -0.1) is 0 Å². The van der Waals surface area contributed by atoms with Crippen LogP contribution in [0.15, 0.2) is 48.5 Å². The molecule has 28 heavy (non-hydrogen) atoms. The number of carbonyl (C=O) groups is 3. The van der Waals surface area contributed by atoms with Crippen molar-refractivity contribution in [3.63, 3.8) is 0 Å². The zero-order chi connectivity index (χ0) is 20.1. The number of para-hydroxylation sites is 2. The summed E-state index contributed by atoms with van der Waals surface area (Å²) in [5.74, 6) is -0.707. The van der Waals surface area contributed by atoms with E-state index in [0.29, 0.717) is 11.4 Å². The molecular weight excluding hydrogens is 358 g/mol. The number of hydrogen-bond acceptors (Lipinski definition) is 4. The number of nitrogens with one attached hydrogen (secondary N) is 3. The zero-order valence-corrected chi connectivity index (χ0v) is 15.7. The Hall–Kier alpha value is -3.68. The lowest BCUT2D eigenvalue weighted by Gasteiger charge is -2.09. The van der Waals surface area contributed by atoms with E-state index in [9.17, 15) is 14.4 Å². The van der Waals surface area contributed by atoms with Gasteiger partial charge in [0, 0.05) is 12.6 Å². The summed E-state index contributed by atoms with van der Waals surface area (Å²) in [6.07, 6.45) is 0.0150. The second kappa shape index (κ2) is 8.34. The zero-order valence-electron chi connectivity index (χ0n) is 15.7. The number of hydrazine groups is 1. The number of carbonyl (C=O) groups excluding carboxylic acids is 3. The minimum atomic E-state index is -0.528.